The van der Waals surface area contributed by atoms with Crippen LogP contribution in [0.2, 0.25) is 0 Å². The summed E-state index contributed by atoms with van der Waals surface area (Å²) >= 11 is 0. The fourth-order valence-corrected chi connectivity index (χ4v) is 1.31. The lowest BCUT2D eigenvalue weighted by Crippen LogP contribution is -2.34. The summed E-state index contributed by atoms with van der Waals surface area (Å²) in [6.45, 7) is 0.993. The van der Waals surface area contributed by atoms with Gasteiger partial charge in [-0.2, -0.15) is 0 Å². The fourth-order valence-electron chi connectivity index (χ4n) is 1.31. The lowest BCUT2D eigenvalue weighted by atomic mass is 9.98. The SMILES string of the molecule is Cl.Oc1ccc([C@H]2CCN2)cc1F. The first-order valence-corrected chi connectivity index (χ1v) is 3.99. The molecule has 1 heterocycles. The maximum atomic E-state index is 12.8. The Morgan fingerprint density at radius 2 is 2.15 bits per heavy atom. The van der Waals surface area contributed by atoms with Gasteiger partial charge in [-0.05, 0) is 30.7 Å². The normalized spacial score (nSPS) is 20.2. The van der Waals surface area contributed by atoms with Crippen LogP contribution in [-0.4, -0.2) is 11.7 Å². The molecule has 0 spiro atoms. The summed E-state index contributed by atoms with van der Waals surface area (Å²) in [5.74, 6) is -0.820. The molecule has 1 aromatic rings. The molecule has 13 heavy (non-hydrogen) atoms. The second kappa shape index (κ2) is 3.94. The molecule has 1 saturated heterocycles. The van der Waals surface area contributed by atoms with Gasteiger partial charge in [-0.3, -0.25) is 0 Å². The maximum Gasteiger partial charge on any atom is 0.165 e. The predicted molar refractivity (Wildman–Crippen MR) is 50.7 cm³/mol. The molecule has 0 radical (unpaired) electrons. The zero-order valence-corrected chi connectivity index (χ0v) is 7.77. The van der Waals surface area contributed by atoms with Crippen molar-refractivity contribution in [2.45, 2.75) is 12.5 Å². The molecule has 0 amide bonds. The molecule has 0 unspecified atom stereocenters. The van der Waals surface area contributed by atoms with Crippen LogP contribution in [0.3, 0.4) is 0 Å². The topological polar surface area (TPSA) is 32.3 Å². The summed E-state index contributed by atoms with van der Waals surface area (Å²) in [6.07, 6.45) is 1.05. The lowest BCUT2D eigenvalue weighted by molar-refractivity contribution is 0.378. The Morgan fingerprint density at radius 3 is 2.62 bits per heavy atom. The summed E-state index contributed by atoms with van der Waals surface area (Å²) in [4.78, 5) is 0. The van der Waals surface area contributed by atoms with Crippen molar-refractivity contribution >= 4 is 12.4 Å². The highest BCUT2D eigenvalue weighted by Crippen LogP contribution is 2.26. The van der Waals surface area contributed by atoms with Gasteiger partial charge < -0.3 is 10.4 Å². The van der Waals surface area contributed by atoms with E-state index in [-0.39, 0.29) is 24.2 Å². The molecule has 0 bridgehead atoms. The van der Waals surface area contributed by atoms with Gasteiger partial charge in [0.25, 0.3) is 0 Å². The number of halogens is 2. The van der Waals surface area contributed by atoms with Crippen molar-refractivity contribution in [1.82, 2.24) is 5.32 Å². The summed E-state index contributed by atoms with van der Waals surface area (Å²) in [7, 11) is 0. The highest BCUT2D eigenvalue weighted by molar-refractivity contribution is 5.85. The van der Waals surface area contributed by atoms with Crippen LogP contribution < -0.4 is 5.32 Å². The van der Waals surface area contributed by atoms with Crippen LogP contribution in [0.5, 0.6) is 5.75 Å². The van der Waals surface area contributed by atoms with E-state index in [1.165, 1.54) is 12.1 Å². The number of benzene rings is 1. The third-order valence-electron chi connectivity index (χ3n) is 2.20. The molecule has 0 aliphatic carbocycles. The molecule has 2 rings (SSSR count). The smallest absolute Gasteiger partial charge is 0.165 e. The molecule has 1 aliphatic heterocycles. The number of phenols is 1. The van der Waals surface area contributed by atoms with Crippen LogP contribution in [0, 0.1) is 5.82 Å². The van der Waals surface area contributed by atoms with Crippen LogP contribution in [0.15, 0.2) is 18.2 Å². The van der Waals surface area contributed by atoms with Crippen LogP contribution in [0.25, 0.3) is 0 Å². The Hall–Kier alpha value is -0.800. The summed E-state index contributed by atoms with van der Waals surface area (Å²) in [5.41, 5.74) is 0.913. The molecule has 1 aliphatic rings. The molecule has 1 atom stereocenters. The minimum atomic E-state index is -0.541. The van der Waals surface area contributed by atoms with E-state index in [4.69, 9.17) is 5.11 Å². The average Bonchev–Trinajstić information content (AvgIpc) is 1.93. The van der Waals surface area contributed by atoms with Crippen molar-refractivity contribution in [3.8, 4) is 5.75 Å². The molecule has 2 nitrogen and oxygen atoms in total. The van der Waals surface area contributed by atoms with Gasteiger partial charge in [0, 0.05) is 6.04 Å². The zero-order valence-electron chi connectivity index (χ0n) is 6.96. The molecule has 4 heteroatoms. The second-order valence-electron chi connectivity index (χ2n) is 3.01. The first kappa shape index (κ1) is 10.3. The van der Waals surface area contributed by atoms with E-state index in [1.54, 1.807) is 6.07 Å². The van der Waals surface area contributed by atoms with Crippen molar-refractivity contribution in [1.29, 1.82) is 0 Å². The Balaban J connectivity index is 0.000000845. The first-order chi connectivity index (χ1) is 5.77. The standard InChI is InChI=1S/C9H10FNO.ClH/c10-7-5-6(1-2-9(7)12)8-3-4-11-8;/h1-2,5,8,11-12H,3-4H2;1H/t8-;/m1./s1. The number of rotatable bonds is 1. The monoisotopic (exact) mass is 203 g/mol. The van der Waals surface area contributed by atoms with E-state index in [0.29, 0.717) is 0 Å². The van der Waals surface area contributed by atoms with E-state index in [9.17, 15) is 4.39 Å². The van der Waals surface area contributed by atoms with E-state index in [0.717, 1.165) is 18.5 Å². The summed E-state index contributed by atoms with van der Waals surface area (Å²) in [6, 6.07) is 4.80. The van der Waals surface area contributed by atoms with Crippen molar-refractivity contribution in [2.24, 2.45) is 0 Å². The number of aromatic hydroxyl groups is 1. The highest BCUT2D eigenvalue weighted by atomic mass is 35.5. The first-order valence-electron chi connectivity index (χ1n) is 3.99. The van der Waals surface area contributed by atoms with E-state index >= 15 is 0 Å². The lowest BCUT2D eigenvalue weighted by Gasteiger charge is -2.27. The third kappa shape index (κ3) is 1.92. The largest absolute Gasteiger partial charge is 0.505 e. The molecule has 72 valence electrons. The van der Waals surface area contributed by atoms with Gasteiger partial charge in [0.05, 0.1) is 0 Å². The number of phenolic OH excluding ortho intramolecular Hbond substituents is 1. The second-order valence-corrected chi connectivity index (χ2v) is 3.01. The Kier molecular flexibility index (Phi) is 3.12. The van der Waals surface area contributed by atoms with Gasteiger partial charge in [0.2, 0.25) is 0 Å². The summed E-state index contributed by atoms with van der Waals surface area (Å²) < 4.78 is 12.8. The van der Waals surface area contributed by atoms with Gasteiger partial charge in [-0.1, -0.05) is 6.07 Å². The van der Waals surface area contributed by atoms with Crippen LogP contribution in [-0.2, 0) is 0 Å². The Bertz CT molecular complexity index is 302. The van der Waals surface area contributed by atoms with Crippen molar-refractivity contribution in [3.05, 3.63) is 29.6 Å². The molecule has 1 aromatic carbocycles. The van der Waals surface area contributed by atoms with E-state index in [2.05, 4.69) is 5.32 Å². The molecular formula is C9H11ClFNO. The van der Waals surface area contributed by atoms with Crippen LogP contribution in [0.4, 0.5) is 4.39 Å². The summed E-state index contributed by atoms with van der Waals surface area (Å²) in [5, 5.41) is 12.1. The number of nitrogens with one attached hydrogen (secondary N) is 1. The number of hydrogen-bond donors (Lipinski definition) is 2. The molecule has 0 saturated carbocycles. The van der Waals surface area contributed by atoms with E-state index in [1.807, 2.05) is 0 Å². The zero-order chi connectivity index (χ0) is 8.55. The quantitative estimate of drug-likeness (QED) is 0.732. The molecular weight excluding hydrogens is 193 g/mol. The molecule has 2 N–H and O–H groups in total. The fraction of sp³-hybridized carbons (Fsp3) is 0.333. The highest BCUT2D eigenvalue weighted by Gasteiger charge is 2.19. The Morgan fingerprint density at radius 1 is 1.46 bits per heavy atom. The van der Waals surface area contributed by atoms with E-state index < -0.39 is 5.82 Å². The average molecular weight is 204 g/mol. The maximum absolute atomic E-state index is 12.8. The third-order valence-corrected chi connectivity index (χ3v) is 2.20. The van der Waals surface area contributed by atoms with Crippen LogP contribution >= 0.6 is 12.4 Å². The van der Waals surface area contributed by atoms with Crippen molar-refractivity contribution in [2.75, 3.05) is 6.54 Å². The predicted octanol–water partition coefficient (Wildman–Crippen LogP) is 1.99. The van der Waals surface area contributed by atoms with Gasteiger partial charge in [0.15, 0.2) is 11.6 Å². The minimum Gasteiger partial charge on any atom is -0.505 e. The Labute approximate surface area is 82.2 Å². The van der Waals surface area contributed by atoms with Crippen LogP contribution in [0.1, 0.15) is 18.0 Å². The van der Waals surface area contributed by atoms with Crippen molar-refractivity contribution in [3.63, 3.8) is 0 Å². The van der Waals surface area contributed by atoms with Gasteiger partial charge in [-0.15, -0.1) is 12.4 Å². The van der Waals surface area contributed by atoms with Gasteiger partial charge in [-0.25, -0.2) is 4.39 Å². The van der Waals surface area contributed by atoms with Gasteiger partial charge >= 0.3 is 0 Å². The van der Waals surface area contributed by atoms with Gasteiger partial charge in [0.1, 0.15) is 0 Å². The molecule has 0 aromatic heterocycles. The number of hydrogen-bond acceptors (Lipinski definition) is 2. The molecule has 1 fully saturated rings. The minimum absolute atomic E-state index is 0. The van der Waals surface area contributed by atoms with Crippen molar-refractivity contribution < 1.29 is 9.50 Å².